The van der Waals surface area contributed by atoms with Gasteiger partial charge in [-0.2, -0.15) is 10.1 Å². The zero-order valence-electron chi connectivity index (χ0n) is 20.6. The van der Waals surface area contributed by atoms with Crippen LogP contribution in [0.15, 0.2) is 18.2 Å². The van der Waals surface area contributed by atoms with Crippen LogP contribution in [0.25, 0.3) is 10.9 Å². The monoisotopic (exact) mass is 477 g/mol. The van der Waals surface area contributed by atoms with E-state index in [0.29, 0.717) is 18.3 Å². The average molecular weight is 478 g/mol. The van der Waals surface area contributed by atoms with Crippen LogP contribution in [0, 0.1) is 0 Å². The molecule has 6 rings (SSSR count). The molecule has 4 heterocycles. The lowest BCUT2D eigenvalue weighted by Gasteiger charge is -2.19. The van der Waals surface area contributed by atoms with E-state index in [-0.39, 0.29) is 0 Å². The molecule has 3 fully saturated rings. The molecule has 0 bridgehead atoms. The molecule has 3 aromatic rings. The average Bonchev–Trinajstić information content (AvgIpc) is 3.28. The van der Waals surface area contributed by atoms with Gasteiger partial charge in [-0.3, -0.25) is 5.10 Å². The SMILES string of the molecule is COc1cc2c(Nc3cc(C4CC4)[nH]n3)nc(N3CCCC3)nc2cc1OCCCN1CCCC1. The largest absolute Gasteiger partial charge is 0.493 e. The number of H-pyrrole nitrogens is 1. The molecule has 35 heavy (non-hydrogen) atoms. The summed E-state index contributed by atoms with van der Waals surface area (Å²) in [5.41, 5.74) is 2.03. The number of aromatic nitrogens is 4. The first-order valence-electron chi connectivity index (χ1n) is 13.1. The van der Waals surface area contributed by atoms with Gasteiger partial charge in [0.2, 0.25) is 5.95 Å². The van der Waals surface area contributed by atoms with Gasteiger partial charge in [0.25, 0.3) is 0 Å². The fourth-order valence-corrected chi connectivity index (χ4v) is 5.15. The molecule has 1 saturated carbocycles. The van der Waals surface area contributed by atoms with E-state index in [0.717, 1.165) is 60.3 Å². The van der Waals surface area contributed by atoms with E-state index in [1.807, 2.05) is 12.1 Å². The molecule has 0 amide bonds. The van der Waals surface area contributed by atoms with Crippen molar-refractivity contribution in [1.29, 1.82) is 0 Å². The predicted molar refractivity (Wildman–Crippen MR) is 137 cm³/mol. The summed E-state index contributed by atoms with van der Waals surface area (Å²) in [5.74, 6) is 4.31. The first kappa shape index (κ1) is 22.4. The van der Waals surface area contributed by atoms with Crippen LogP contribution in [0.4, 0.5) is 17.6 Å². The molecule has 2 N–H and O–H groups in total. The van der Waals surface area contributed by atoms with Gasteiger partial charge in [-0.25, -0.2) is 4.98 Å². The Morgan fingerprint density at radius 1 is 1.00 bits per heavy atom. The number of fused-ring (bicyclic) bond motifs is 1. The lowest BCUT2D eigenvalue weighted by atomic mass is 10.2. The first-order valence-corrected chi connectivity index (χ1v) is 13.1. The van der Waals surface area contributed by atoms with E-state index in [9.17, 15) is 0 Å². The summed E-state index contributed by atoms with van der Waals surface area (Å²) in [7, 11) is 1.68. The molecular formula is C26H35N7O2. The highest BCUT2D eigenvalue weighted by molar-refractivity contribution is 5.94. The molecule has 2 saturated heterocycles. The van der Waals surface area contributed by atoms with Crippen molar-refractivity contribution in [2.75, 3.05) is 56.7 Å². The van der Waals surface area contributed by atoms with Crippen LogP contribution in [0.3, 0.4) is 0 Å². The van der Waals surface area contributed by atoms with E-state index >= 15 is 0 Å². The van der Waals surface area contributed by atoms with Crippen LogP contribution in [0.5, 0.6) is 11.5 Å². The summed E-state index contributed by atoms with van der Waals surface area (Å²) in [4.78, 5) is 14.6. The summed E-state index contributed by atoms with van der Waals surface area (Å²) in [6.45, 7) is 6.12. The normalized spacial score (nSPS) is 18.5. The number of hydrogen-bond donors (Lipinski definition) is 2. The van der Waals surface area contributed by atoms with Crippen LogP contribution in [-0.4, -0.2) is 71.5 Å². The van der Waals surface area contributed by atoms with E-state index < -0.39 is 0 Å². The van der Waals surface area contributed by atoms with Crippen molar-refractivity contribution in [1.82, 2.24) is 25.1 Å². The van der Waals surface area contributed by atoms with Crippen molar-refractivity contribution in [3.63, 3.8) is 0 Å². The number of nitrogens with zero attached hydrogens (tertiary/aromatic N) is 5. The Hall–Kier alpha value is -3.07. The maximum atomic E-state index is 6.19. The van der Waals surface area contributed by atoms with E-state index in [1.165, 1.54) is 57.3 Å². The van der Waals surface area contributed by atoms with Crippen LogP contribution in [0.2, 0.25) is 0 Å². The second-order valence-corrected chi connectivity index (χ2v) is 9.95. The Kier molecular flexibility index (Phi) is 6.33. The summed E-state index contributed by atoms with van der Waals surface area (Å²) in [5, 5.41) is 12.0. The minimum absolute atomic E-state index is 0.616. The number of ether oxygens (including phenoxy) is 2. The van der Waals surface area contributed by atoms with Gasteiger partial charge in [0.1, 0.15) is 5.82 Å². The number of rotatable bonds is 10. The van der Waals surface area contributed by atoms with Gasteiger partial charge >= 0.3 is 0 Å². The van der Waals surface area contributed by atoms with Crippen LogP contribution in [0.1, 0.15) is 56.6 Å². The molecule has 186 valence electrons. The standard InChI is InChI=1S/C26H35N7O2/c1-34-22-15-19-21(16-23(22)35-14-6-11-32-9-2-3-10-32)27-26(33-12-4-5-13-33)29-25(19)28-24-17-20(30-31-24)18-7-8-18/h15-18H,2-14H2,1H3,(H2,27,28,29,30,31). The minimum Gasteiger partial charge on any atom is -0.493 e. The van der Waals surface area contributed by atoms with Crippen molar-refractivity contribution in [3.05, 3.63) is 23.9 Å². The molecule has 0 unspecified atom stereocenters. The highest BCUT2D eigenvalue weighted by Gasteiger charge is 2.26. The first-order chi connectivity index (χ1) is 17.3. The molecule has 2 aliphatic heterocycles. The van der Waals surface area contributed by atoms with E-state index in [1.54, 1.807) is 7.11 Å². The molecule has 2 aromatic heterocycles. The predicted octanol–water partition coefficient (Wildman–Crippen LogP) is 4.45. The molecule has 3 aliphatic rings. The number of aromatic amines is 1. The molecule has 9 heteroatoms. The summed E-state index contributed by atoms with van der Waals surface area (Å²) < 4.78 is 11.9. The van der Waals surface area contributed by atoms with Crippen molar-refractivity contribution in [2.45, 2.75) is 50.9 Å². The van der Waals surface area contributed by atoms with Crippen LogP contribution in [-0.2, 0) is 0 Å². The van der Waals surface area contributed by atoms with Crippen molar-refractivity contribution >= 4 is 28.5 Å². The number of methoxy groups -OCH3 is 1. The molecule has 1 aliphatic carbocycles. The van der Waals surface area contributed by atoms with Crippen LogP contribution >= 0.6 is 0 Å². The minimum atomic E-state index is 0.616. The van der Waals surface area contributed by atoms with Gasteiger partial charge in [-0.05, 0) is 64.1 Å². The quantitative estimate of drug-likeness (QED) is 0.414. The third kappa shape index (κ3) is 5.00. The third-order valence-electron chi connectivity index (χ3n) is 7.29. The Morgan fingerprint density at radius 3 is 2.57 bits per heavy atom. The summed E-state index contributed by atoms with van der Waals surface area (Å²) in [6, 6.07) is 6.07. The third-order valence-corrected chi connectivity index (χ3v) is 7.29. The zero-order chi connectivity index (χ0) is 23.6. The number of benzene rings is 1. The van der Waals surface area contributed by atoms with Crippen molar-refractivity contribution < 1.29 is 9.47 Å². The molecule has 0 atom stereocenters. The highest BCUT2D eigenvalue weighted by Crippen LogP contribution is 2.40. The van der Waals surface area contributed by atoms with Crippen molar-refractivity contribution in [3.8, 4) is 11.5 Å². The smallest absolute Gasteiger partial charge is 0.227 e. The van der Waals surface area contributed by atoms with Crippen molar-refractivity contribution in [2.24, 2.45) is 0 Å². The molecule has 0 spiro atoms. The van der Waals surface area contributed by atoms with E-state index in [4.69, 9.17) is 19.4 Å². The molecule has 9 nitrogen and oxygen atoms in total. The molecular weight excluding hydrogens is 442 g/mol. The number of hydrogen-bond acceptors (Lipinski definition) is 8. The van der Waals surface area contributed by atoms with Crippen LogP contribution < -0.4 is 19.7 Å². The van der Waals surface area contributed by atoms with Gasteiger partial charge in [-0.15, -0.1) is 0 Å². The maximum absolute atomic E-state index is 6.19. The summed E-state index contributed by atoms with van der Waals surface area (Å²) in [6.07, 6.45) is 8.43. The van der Waals surface area contributed by atoms with Gasteiger partial charge in [0, 0.05) is 48.8 Å². The fraction of sp³-hybridized carbons (Fsp3) is 0.577. The number of nitrogens with one attached hydrogen (secondary N) is 2. The topological polar surface area (TPSA) is 91.4 Å². The number of anilines is 3. The lowest BCUT2D eigenvalue weighted by molar-refractivity contribution is 0.254. The summed E-state index contributed by atoms with van der Waals surface area (Å²) >= 11 is 0. The highest BCUT2D eigenvalue weighted by atomic mass is 16.5. The second kappa shape index (κ2) is 9.89. The molecule has 1 aromatic carbocycles. The second-order valence-electron chi connectivity index (χ2n) is 9.95. The Morgan fingerprint density at radius 2 is 1.80 bits per heavy atom. The number of likely N-dealkylation sites (tertiary alicyclic amines) is 1. The lowest BCUT2D eigenvalue weighted by Crippen LogP contribution is -2.22. The van der Waals surface area contributed by atoms with Gasteiger partial charge in [-0.1, -0.05) is 0 Å². The van der Waals surface area contributed by atoms with E-state index in [2.05, 4.69) is 31.4 Å². The van der Waals surface area contributed by atoms with Gasteiger partial charge in [0.05, 0.1) is 19.2 Å². The fourth-order valence-electron chi connectivity index (χ4n) is 5.15. The maximum Gasteiger partial charge on any atom is 0.227 e. The van der Waals surface area contributed by atoms with Gasteiger partial charge in [0.15, 0.2) is 17.3 Å². The Bertz CT molecular complexity index is 1160. The Labute approximate surface area is 206 Å². The Balaban J connectivity index is 1.28. The van der Waals surface area contributed by atoms with Gasteiger partial charge < -0.3 is 24.6 Å². The molecule has 0 radical (unpaired) electrons. The zero-order valence-corrected chi connectivity index (χ0v) is 20.6.